The highest BCUT2D eigenvalue weighted by Gasteiger charge is 2.46. The van der Waals surface area contributed by atoms with Crippen molar-refractivity contribution in [2.24, 2.45) is 0 Å². The molecule has 1 heterocycles. The second-order valence-electron chi connectivity index (χ2n) is 9.93. The first-order valence-corrected chi connectivity index (χ1v) is 14.2. The van der Waals surface area contributed by atoms with Crippen LogP contribution in [0.2, 0.25) is 0 Å². The van der Waals surface area contributed by atoms with Crippen LogP contribution in [0.4, 0.5) is 0 Å². The smallest absolute Gasteiger partial charge is 0.338 e. The lowest BCUT2D eigenvalue weighted by molar-refractivity contribution is -0.125. The van der Waals surface area contributed by atoms with Gasteiger partial charge in [-0.1, -0.05) is 72.8 Å². The van der Waals surface area contributed by atoms with Crippen LogP contribution in [0.15, 0.2) is 121 Å². The summed E-state index contributed by atoms with van der Waals surface area (Å²) in [7, 11) is 0. The molecule has 4 aromatic rings. The van der Waals surface area contributed by atoms with Crippen LogP contribution < -0.4 is 0 Å². The molecule has 1 aliphatic heterocycles. The maximum absolute atomic E-state index is 13.3. The number of hydrogen-bond donors (Lipinski definition) is 0. The van der Waals surface area contributed by atoms with Gasteiger partial charge in [-0.15, -0.1) is 0 Å². The molecule has 0 radical (unpaired) electrons. The average molecular weight is 611 g/mol. The first-order chi connectivity index (χ1) is 22.0. The van der Waals surface area contributed by atoms with E-state index < -0.39 is 48.3 Å². The molecule has 4 atom stereocenters. The monoisotopic (exact) mass is 610 g/mol. The van der Waals surface area contributed by atoms with E-state index in [0.717, 1.165) is 0 Å². The standard InChI is InChI=1S/C35H30O10/c36-32(24-13-5-1-6-14-24)40-21-28-30(44-34(38)26-17-9-3-10-18-26)31(45-35(39)27-19-11-4-12-20-27)29(43-23-42-28)22-41-33(37)25-15-7-2-8-16-25/h1-20,28-31H,21-23H2/t28-,29-,30+,31+/m0/s1. The fraction of sp³-hybridized carbons (Fsp3) is 0.200. The molecule has 1 fully saturated rings. The van der Waals surface area contributed by atoms with Crippen molar-refractivity contribution in [3.05, 3.63) is 144 Å². The molecule has 0 bridgehead atoms. The number of hydrogen-bond acceptors (Lipinski definition) is 10. The molecular formula is C35H30O10. The topological polar surface area (TPSA) is 124 Å². The normalized spacial score (nSPS) is 19.4. The second-order valence-corrected chi connectivity index (χ2v) is 9.93. The zero-order valence-corrected chi connectivity index (χ0v) is 24.1. The van der Waals surface area contributed by atoms with Crippen LogP contribution in [-0.4, -0.2) is 68.3 Å². The molecule has 10 nitrogen and oxygen atoms in total. The van der Waals surface area contributed by atoms with Gasteiger partial charge in [-0.2, -0.15) is 0 Å². The third-order valence-electron chi connectivity index (χ3n) is 6.90. The molecule has 0 spiro atoms. The summed E-state index contributed by atoms with van der Waals surface area (Å²) in [5.74, 6) is -2.76. The van der Waals surface area contributed by atoms with E-state index in [1.807, 2.05) is 0 Å². The van der Waals surface area contributed by atoms with E-state index >= 15 is 0 Å². The average Bonchev–Trinajstić information content (AvgIpc) is 3.25. The Morgan fingerprint density at radius 3 is 1.07 bits per heavy atom. The summed E-state index contributed by atoms with van der Waals surface area (Å²) in [6, 6.07) is 33.1. The Hall–Kier alpha value is -5.32. The van der Waals surface area contributed by atoms with Crippen molar-refractivity contribution in [1.29, 1.82) is 0 Å². The van der Waals surface area contributed by atoms with Crippen molar-refractivity contribution in [3.8, 4) is 0 Å². The summed E-state index contributed by atoms with van der Waals surface area (Å²) in [6.45, 7) is -1.13. The third kappa shape index (κ3) is 8.41. The van der Waals surface area contributed by atoms with Crippen LogP contribution >= 0.6 is 0 Å². The highest BCUT2D eigenvalue weighted by atomic mass is 16.7. The Kier molecular flexibility index (Phi) is 10.7. The Morgan fingerprint density at radius 2 is 0.756 bits per heavy atom. The SMILES string of the molecule is O=C(OC[C@@H]1OCO[C@@H](COC(=O)c2ccccc2)[C@@H](OC(=O)c2ccccc2)[C@@H]1OC(=O)c1ccccc1)c1ccccc1. The summed E-state index contributed by atoms with van der Waals surface area (Å²) >= 11 is 0. The molecule has 0 amide bonds. The van der Waals surface area contributed by atoms with Gasteiger partial charge in [0.1, 0.15) is 32.2 Å². The van der Waals surface area contributed by atoms with Crippen molar-refractivity contribution >= 4 is 23.9 Å². The number of esters is 4. The number of carbonyl (C=O) groups excluding carboxylic acids is 4. The molecule has 1 saturated heterocycles. The van der Waals surface area contributed by atoms with Gasteiger partial charge < -0.3 is 28.4 Å². The fourth-order valence-electron chi connectivity index (χ4n) is 4.56. The van der Waals surface area contributed by atoms with E-state index in [-0.39, 0.29) is 31.1 Å². The van der Waals surface area contributed by atoms with Crippen LogP contribution in [0.25, 0.3) is 0 Å². The third-order valence-corrected chi connectivity index (χ3v) is 6.90. The van der Waals surface area contributed by atoms with E-state index in [2.05, 4.69) is 0 Å². The zero-order valence-electron chi connectivity index (χ0n) is 24.1. The predicted molar refractivity (Wildman–Crippen MR) is 159 cm³/mol. The Balaban J connectivity index is 1.44. The van der Waals surface area contributed by atoms with Crippen LogP contribution in [0.1, 0.15) is 41.4 Å². The van der Waals surface area contributed by atoms with Crippen molar-refractivity contribution in [1.82, 2.24) is 0 Å². The Bertz CT molecular complexity index is 1440. The summed E-state index contributed by atoms with van der Waals surface area (Å²) in [5, 5.41) is 0. The van der Waals surface area contributed by atoms with Gasteiger partial charge in [-0.3, -0.25) is 0 Å². The molecule has 5 rings (SSSR count). The van der Waals surface area contributed by atoms with E-state index in [9.17, 15) is 19.2 Å². The molecule has 230 valence electrons. The van der Waals surface area contributed by atoms with Crippen LogP contribution in [-0.2, 0) is 28.4 Å². The Morgan fingerprint density at radius 1 is 0.467 bits per heavy atom. The van der Waals surface area contributed by atoms with Crippen molar-refractivity contribution in [3.63, 3.8) is 0 Å². The summed E-state index contributed by atoms with van der Waals surface area (Å²) in [5.41, 5.74) is 1.06. The highest BCUT2D eigenvalue weighted by Crippen LogP contribution is 2.25. The molecule has 10 heteroatoms. The van der Waals surface area contributed by atoms with Gasteiger partial charge in [-0.05, 0) is 48.5 Å². The molecule has 0 unspecified atom stereocenters. The quantitative estimate of drug-likeness (QED) is 0.181. The summed E-state index contributed by atoms with van der Waals surface area (Å²) < 4.78 is 34.7. The van der Waals surface area contributed by atoms with Gasteiger partial charge in [0.05, 0.1) is 22.3 Å². The zero-order chi connectivity index (χ0) is 31.4. The molecule has 0 aliphatic carbocycles. The van der Waals surface area contributed by atoms with E-state index in [4.69, 9.17) is 28.4 Å². The van der Waals surface area contributed by atoms with Gasteiger partial charge in [0.25, 0.3) is 0 Å². The number of benzene rings is 4. The molecule has 0 aromatic heterocycles. The Labute approximate surface area is 259 Å². The molecule has 0 N–H and O–H groups in total. The molecular weight excluding hydrogens is 580 g/mol. The molecule has 45 heavy (non-hydrogen) atoms. The molecule has 0 saturated carbocycles. The molecule has 4 aromatic carbocycles. The minimum Gasteiger partial charge on any atom is -0.459 e. The van der Waals surface area contributed by atoms with Crippen LogP contribution in [0.5, 0.6) is 0 Å². The van der Waals surface area contributed by atoms with Crippen LogP contribution in [0.3, 0.4) is 0 Å². The minimum atomic E-state index is -1.35. The second kappa shape index (κ2) is 15.4. The van der Waals surface area contributed by atoms with Gasteiger partial charge in [-0.25, -0.2) is 19.2 Å². The largest absolute Gasteiger partial charge is 0.459 e. The van der Waals surface area contributed by atoms with E-state index in [1.54, 1.807) is 121 Å². The van der Waals surface area contributed by atoms with Gasteiger partial charge in [0, 0.05) is 0 Å². The summed E-state index contributed by atoms with van der Waals surface area (Å²) in [4.78, 5) is 52.2. The van der Waals surface area contributed by atoms with Gasteiger partial charge >= 0.3 is 23.9 Å². The lowest BCUT2D eigenvalue weighted by Gasteiger charge is -2.32. The maximum atomic E-state index is 13.3. The fourth-order valence-corrected chi connectivity index (χ4v) is 4.56. The maximum Gasteiger partial charge on any atom is 0.338 e. The van der Waals surface area contributed by atoms with E-state index in [0.29, 0.717) is 11.1 Å². The summed E-state index contributed by atoms with van der Waals surface area (Å²) in [6.07, 6.45) is -4.96. The minimum absolute atomic E-state index is 0.225. The number of rotatable bonds is 10. The highest BCUT2D eigenvalue weighted by molar-refractivity contribution is 5.91. The number of carbonyl (C=O) groups is 4. The predicted octanol–water partition coefficient (Wildman–Crippen LogP) is 4.89. The van der Waals surface area contributed by atoms with Crippen LogP contribution in [0, 0.1) is 0 Å². The molecule has 1 aliphatic rings. The van der Waals surface area contributed by atoms with Gasteiger partial charge in [0.15, 0.2) is 12.2 Å². The lowest BCUT2D eigenvalue weighted by Crippen LogP contribution is -2.51. The van der Waals surface area contributed by atoms with Crippen molar-refractivity contribution in [2.45, 2.75) is 24.4 Å². The number of ether oxygens (including phenoxy) is 6. The lowest BCUT2D eigenvalue weighted by atomic mass is 10.0. The first kappa shape index (κ1) is 31.1. The van der Waals surface area contributed by atoms with E-state index in [1.165, 1.54) is 0 Å². The van der Waals surface area contributed by atoms with Crippen molar-refractivity contribution in [2.75, 3.05) is 20.0 Å². The first-order valence-electron chi connectivity index (χ1n) is 14.2. The van der Waals surface area contributed by atoms with Gasteiger partial charge in [0.2, 0.25) is 0 Å². The van der Waals surface area contributed by atoms with Crippen molar-refractivity contribution < 1.29 is 47.6 Å².